The van der Waals surface area contributed by atoms with Crippen molar-refractivity contribution < 1.29 is 27.9 Å². The smallest absolute Gasteiger partial charge is 0.329 e. The van der Waals surface area contributed by atoms with Crippen molar-refractivity contribution in [1.29, 1.82) is 0 Å². The van der Waals surface area contributed by atoms with E-state index in [9.17, 15) is 14.0 Å². The summed E-state index contributed by atoms with van der Waals surface area (Å²) in [6.45, 7) is 3.50. The number of hydrogen-bond donors (Lipinski definition) is 1. The van der Waals surface area contributed by atoms with Crippen molar-refractivity contribution in [2.24, 2.45) is 5.92 Å². The highest BCUT2D eigenvalue weighted by atomic mass is 19.1. The van der Waals surface area contributed by atoms with E-state index in [1.807, 2.05) is 0 Å². The van der Waals surface area contributed by atoms with E-state index in [-0.39, 0.29) is 30.6 Å². The molecule has 2 rings (SSSR count). The average molecular weight is 349 g/mol. The van der Waals surface area contributed by atoms with Gasteiger partial charge in [0.2, 0.25) is 0 Å². The monoisotopic (exact) mass is 349 g/mol. The molecule has 1 heterocycles. The van der Waals surface area contributed by atoms with Crippen molar-refractivity contribution in [3.8, 4) is 5.75 Å². The van der Waals surface area contributed by atoms with Crippen LogP contribution in [0.25, 0.3) is 0 Å². The molecule has 1 N–H and O–H groups in total. The molecule has 0 bridgehead atoms. The van der Waals surface area contributed by atoms with Crippen LogP contribution in [-0.4, -0.2) is 31.1 Å². The van der Waals surface area contributed by atoms with Gasteiger partial charge in [0, 0.05) is 0 Å². The van der Waals surface area contributed by atoms with Crippen molar-refractivity contribution in [3.63, 3.8) is 0 Å². The molecule has 6 nitrogen and oxygen atoms in total. The van der Waals surface area contributed by atoms with Crippen LogP contribution < -0.4 is 10.1 Å². The normalized spacial score (nSPS) is 11.8. The van der Waals surface area contributed by atoms with Crippen LogP contribution in [0.15, 0.2) is 47.1 Å². The third kappa shape index (κ3) is 5.34. The molecule has 1 amide bonds. The van der Waals surface area contributed by atoms with Crippen molar-refractivity contribution in [3.05, 3.63) is 54.2 Å². The Morgan fingerprint density at radius 1 is 1.16 bits per heavy atom. The van der Waals surface area contributed by atoms with Gasteiger partial charge in [-0.25, -0.2) is 9.18 Å². The number of benzene rings is 1. The van der Waals surface area contributed by atoms with Gasteiger partial charge >= 0.3 is 5.97 Å². The topological polar surface area (TPSA) is 77.8 Å². The summed E-state index contributed by atoms with van der Waals surface area (Å²) in [4.78, 5) is 24.2. The second kappa shape index (κ2) is 8.86. The molecule has 2 aromatic rings. The van der Waals surface area contributed by atoms with Gasteiger partial charge in [-0.15, -0.1) is 0 Å². The maximum absolute atomic E-state index is 13.4. The van der Waals surface area contributed by atoms with Crippen molar-refractivity contribution in [2.75, 3.05) is 13.2 Å². The maximum Gasteiger partial charge on any atom is 0.329 e. The molecular weight excluding hydrogens is 329 g/mol. The van der Waals surface area contributed by atoms with E-state index >= 15 is 0 Å². The first-order valence-electron chi connectivity index (χ1n) is 7.87. The van der Waals surface area contributed by atoms with E-state index < -0.39 is 23.7 Å². The first kappa shape index (κ1) is 18.5. The zero-order chi connectivity index (χ0) is 18.2. The van der Waals surface area contributed by atoms with E-state index in [4.69, 9.17) is 13.9 Å². The molecule has 25 heavy (non-hydrogen) atoms. The highest BCUT2D eigenvalue weighted by Gasteiger charge is 2.26. The molecule has 0 aliphatic carbocycles. The van der Waals surface area contributed by atoms with Gasteiger partial charge in [-0.1, -0.05) is 26.0 Å². The largest absolute Gasteiger partial charge is 0.487 e. The lowest BCUT2D eigenvalue weighted by Crippen LogP contribution is -2.45. The number of ether oxygens (including phenoxy) is 2. The molecule has 0 spiro atoms. The fourth-order valence-electron chi connectivity index (χ4n) is 2.06. The molecule has 1 atom stereocenters. The zero-order valence-electron chi connectivity index (χ0n) is 14.0. The van der Waals surface area contributed by atoms with E-state index in [0.717, 1.165) is 0 Å². The van der Waals surface area contributed by atoms with Crippen LogP contribution in [0.5, 0.6) is 5.75 Å². The van der Waals surface area contributed by atoms with Crippen LogP contribution in [0.3, 0.4) is 0 Å². The van der Waals surface area contributed by atoms with E-state index in [1.165, 1.54) is 24.5 Å². The van der Waals surface area contributed by atoms with Crippen LogP contribution in [0.1, 0.15) is 24.4 Å². The Labute approximate surface area is 144 Å². The lowest BCUT2D eigenvalue weighted by atomic mass is 10.0. The minimum Gasteiger partial charge on any atom is -0.487 e. The van der Waals surface area contributed by atoms with Crippen molar-refractivity contribution in [2.45, 2.75) is 19.9 Å². The molecule has 0 radical (unpaired) electrons. The van der Waals surface area contributed by atoms with Gasteiger partial charge in [0.25, 0.3) is 5.91 Å². The van der Waals surface area contributed by atoms with Crippen molar-refractivity contribution >= 4 is 11.9 Å². The van der Waals surface area contributed by atoms with E-state index in [1.54, 1.807) is 32.0 Å². The number of rotatable bonds is 8. The summed E-state index contributed by atoms with van der Waals surface area (Å²) in [5.41, 5.74) is 0. The Balaban J connectivity index is 1.82. The summed E-state index contributed by atoms with van der Waals surface area (Å²) in [5, 5.41) is 2.58. The third-order valence-corrected chi connectivity index (χ3v) is 3.37. The van der Waals surface area contributed by atoms with Gasteiger partial charge in [0.1, 0.15) is 19.3 Å². The van der Waals surface area contributed by atoms with Gasteiger partial charge in [-0.3, -0.25) is 4.79 Å². The minimum atomic E-state index is -0.828. The molecule has 0 saturated heterocycles. The quantitative estimate of drug-likeness (QED) is 0.586. The maximum atomic E-state index is 13.4. The molecule has 0 fully saturated rings. The molecule has 0 aliphatic heterocycles. The van der Waals surface area contributed by atoms with E-state index in [0.29, 0.717) is 0 Å². The number of para-hydroxylation sites is 1. The summed E-state index contributed by atoms with van der Waals surface area (Å²) < 4.78 is 28.7. The lowest BCUT2D eigenvalue weighted by Gasteiger charge is -2.20. The van der Waals surface area contributed by atoms with E-state index in [2.05, 4.69) is 5.32 Å². The van der Waals surface area contributed by atoms with Crippen molar-refractivity contribution in [1.82, 2.24) is 5.32 Å². The number of furan rings is 1. The number of nitrogens with one attached hydrogen (secondary N) is 1. The number of amides is 1. The van der Waals surface area contributed by atoms with Gasteiger partial charge < -0.3 is 19.2 Å². The Hall–Kier alpha value is -2.83. The third-order valence-electron chi connectivity index (χ3n) is 3.37. The highest BCUT2D eigenvalue weighted by Crippen LogP contribution is 2.15. The Morgan fingerprint density at radius 2 is 1.92 bits per heavy atom. The number of hydrogen-bond acceptors (Lipinski definition) is 5. The summed E-state index contributed by atoms with van der Waals surface area (Å²) in [5.74, 6) is -1.56. The summed E-state index contributed by atoms with van der Waals surface area (Å²) in [6, 6.07) is 8.21. The molecule has 134 valence electrons. The SMILES string of the molecule is CC(C)[C@H](NC(=O)c1ccco1)C(=O)OCCOc1ccccc1F. The van der Waals surface area contributed by atoms with Crippen LogP contribution in [0.2, 0.25) is 0 Å². The molecule has 1 aromatic carbocycles. The lowest BCUT2D eigenvalue weighted by molar-refractivity contribution is -0.147. The molecule has 1 aromatic heterocycles. The zero-order valence-corrected chi connectivity index (χ0v) is 14.0. The first-order valence-corrected chi connectivity index (χ1v) is 7.87. The molecule has 0 unspecified atom stereocenters. The fraction of sp³-hybridized carbons (Fsp3) is 0.333. The Bertz CT molecular complexity index is 699. The molecule has 0 saturated carbocycles. The summed E-state index contributed by atoms with van der Waals surface area (Å²) >= 11 is 0. The van der Waals surface area contributed by atoms with Gasteiger partial charge in [-0.05, 0) is 30.2 Å². The van der Waals surface area contributed by atoms with Crippen LogP contribution in [0.4, 0.5) is 4.39 Å². The number of esters is 1. The first-order chi connectivity index (χ1) is 12.0. The summed E-state index contributed by atoms with van der Waals surface area (Å²) in [6.07, 6.45) is 1.37. The number of carbonyl (C=O) groups excluding carboxylic acids is 2. The second-order valence-corrected chi connectivity index (χ2v) is 5.62. The highest BCUT2D eigenvalue weighted by molar-refractivity contribution is 5.94. The predicted octanol–water partition coefficient (Wildman–Crippen LogP) is 2.80. The second-order valence-electron chi connectivity index (χ2n) is 5.62. The fourth-order valence-corrected chi connectivity index (χ4v) is 2.06. The van der Waals surface area contributed by atoms with Gasteiger partial charge in [-0.2, -0.15) is 0 Å². The molecular formula is C18H20FNO5. The number of carbonyl (C=O) groups is 2. The Kier molecular flexibility index (Phi) is 6.56. The molecule has 7 heteroatoms. The standard InChI is InChI=1S/C18H20FNO5/c1-12(2)16(20-17(21)15-8-5-9-23-15)18(22)25-11-10-24-14-7-4-3-6-13(14)19/h3-9,12,16H,10-11H2,1-2H3,(H,20,21)/t16-/m0/s1. The average Bonchev–Trinajstić information content (AvgIpc) is 3.12. The summed E-state index contributed by atoms with van der Waals surface area (Å²) in [7, 11) is 0. The van der Waals surface area contributed by atoms with Gasteiger partial charge in [0.05, 0.1) is 6.26 Å². The van der Waals surface area contributed by atoms with Crippen LogP contribution in [0, 0.1) is 11.7 Å². The number of halogens is 1. The minimum absolute atomic E-state index is 0.00359. The predicted molar refractivity (Wildman–Crippen MR) is 87.7 cm³/mol. The van der Waals surface area contributed by atoms with Crippen LogP contribution >= 0.6 is 0 Å². The molecule has 0 aliphatic rings. The van der Waals surface area contributed by atoms with Crippen LogP contribution in [-0.2, 0) is 9.53 Å². The Morgan fingerprint density at radius 3 is 2.56 bits per heavy atom. The van der Waals surface area contributed by atoms with Gasteiger partial charge in [0.15, 0.2) is 17.3 Å².